The predicted molar refractivity (Wildman–Crippen MR) is 72.2 cm³/mol. The van der Waals surface area contributed by atoms with Crippen LogP contribution >= 0.6 is 0 Å². The number of halogens is 1. The van der Waals surface area contributed by atoms with Crippen LogP contribution in [0.25, 0.3) is 0 Å². The monoisotopic (exact) mass is 273 g/mol. The zero-order chi connectivity index (χ0) is 14.1. The van der Waals surface area contributed by atoms with Crippen molar-refractivity contribution in [2.75, 3.05) is 0 Å². The first-order valence-electron chi connectivity index (χ1n) is 6.73. The van der Waals surface area contributed by atoms with E-state index in [4.69, 9.17) is 0 Å². The Kier molecular flexibility index (Phi) is 3.26. The van der Waals surface area contributed by atoms with Gasteiger partial charge in [0.2, 0.25) is 5.91 Å². The molecule has 1 aliphatic rings. The molecule has 0 aliphatic carbocycles. The van der Waals surface area contributed by atoms with Crippen molar-refractivity contribution in [1.29, 1.82) is 0 Å². The molecule has 2 aromatic rings. The first-order valence-corrected chi connectivity index (χ1v) is 6.73. The number of carbonyl (C=O) groups excluding carboxylic acids is 1. The van der Waals surface area contributed by atoms with E-state index in [1.54, 1.807) is 29.6 Å². The maximum atomic E-state index is 12.9. The van der Waals surface area contributed by atoms with Crippen molar-refractivity contribution < 1.29 is 9.18 Å². The van der Waals surface area contributed by atoms with E-state index in [0.29, 0.717) is 13.1 Å². The zero-order valence-electron chi connectivity index (χ0n) is 11.3. The minimum atomic E-state index is -0.261. The van der Waals surface area contributed by atoms with Gasteiger partial charge in [-0.25, -0.2) is 9.37 Å². The van der Waals surface area contributed by atoms with Gasteiger partial charge in [0, 0.05) is 12.7 Å². The highest BCUT2D eigenvalue weighted by Crippen LogP contribution is 2.25. The van der Waals surface area contributed by atoms with E-state index in [1.165, 1.54) is 12.1 Å². The highest BCUT2D eigenvalue weighted by molar-refractivity contribution is 5.81. The molecular formula is C15H16FN3O. The van der Waals surface area contributed by atoms with Crippen LogP contribution < -0.4 is 0 Å². The molecule has 1 unspecified atom stereocenters. The smallest absolute Gasteiger partial charge is 0.246 e. The number of benzene rings is 1. The largest absolute Gasteiger partial charge is 0.331 e. The Balaban J connectivity index is 1.84. The molecule has 1 aromatic heterocycles. The summed E-state index contributed by atoms with van der Waals surface area (Å²) < 4.78 is 14.9. The summed E-state index contributed by atoms with van der Waals surface area (Å²) in [7, 11) is 0. The fourth-order valence-corrected chi connectivity index (χ4v) is 2.65. The van der Waals surface area contributed by atoms with Crippen LogP contribution in [0.5, 0.6) is 0 Å². The quantitative estimate of drug-likeness (QED) is 0.862. The standard InChI is InChI=1S/C15H16FN3O/c1-2-14-15(20)18(9-13-7-17-10-19(13)14)8-11-3-5-12(16)6-4-11/h3-7,10,14H,2,8-9H2,1H3. The van der Waals surface area contributed by atoms with E-state index in [-0.39, 0.29) is 17.8 Å². The number of hydrogen-bond acceptors (Lipinski definition) is 2. The Bertz CT molecular complexity index is 620. The van der Waals surface area contributed by atoms with Gasteiger partial charge in [0.15, 0.2) is 0 Å². The third-order valence-electron chi connectivity index (χ3n) is 3.71. The van der Waals surface area contributed by atoms with Crippen LogP contribution in [0, 0.1) is 5.82 Å². The number of amides is 1. The second-order valence-corrected chi connectivity index (χ2v) is 5.04. The molecule has 0 saturated heterocycles. The molecule has 0 bridgehead atoms. The van der Waals surface area contributed by atoms with E-state index >= 15 is 0 Å². The van der Waals surface area contributed by atoms with Crippen molar-refractivity contribution >= 4 is 5.91 Å². The van der Waals surface area contributed by atoms with E-state index < -0.39 is 0 Å². The van der Waals surface area contributed by atoms with Gasteiger partial charge in [0.1, 0.15) is 11.9 Å². The highest BCUT2D eigenvalue weighted by Gasteiger charge is 2.31. The van der Waals surface area contributed by atoms with Gasteiger partial charge in [-0.1, -0.05) is 19.1 Å². The van der Waals surface area contributed by atoms with Gasteiger partial charge in [0.05, 0.1) is 18.6 Å². The zero-order valence-corrected chi connectivity index (χ0v) is 11.3. The molecule has 2 heterocycles. The molecule has 0 N–H and O–H groups in total. The van der Waals surface area contributed by atoms with Crippen LogP contribution in [-0.2, 0) is 17.9 Å². The van der Waals surface area contributed by atoms with Crippen LogP contribution in [0.4, 0.5) is 4.39 Å². The van der Waals surface area contributed by atoms with Gasteiger partial charge >= 0.3 is 0 Å². The lowest BCUT2D eigenvalue weighted by Gasteiger charge is -2.33. The molecule has 1 aliphatic heterocycles. The molecule has 3 rings (SSSR count). The molecule has 0 radical (unpaired) electrons. The molecule has 5 heteroatoms. The molecule has 1 atom stereocenters. The molecule has 1 amide bonds. The van der Waals surface area contributed by atoms with Crippen molar-refractivity contribution in [2.45, 2.75) is 32.5 Å². The van der Waals surface area contributed by atoms with Crippen LogP contribution in [0.1, 0.15) is 30.6 Å². The Labute approximate surface area is 116 Å². The van der Waals surface area contributed by atoms with Crippen molar-refractivity contribution in [3.8, 4) is 0 Å². The van der Waals surface area contributed by atoms with E-state index in [0.717, 1.165) is 17.7 Å². The SMILES string of the molecule is CCC1C(=O)N(Cc2ccc(F)cc2)Cc2cncn21. The molecule has 1 aromatic carbocycles. The van der Waals surface area contributed by atoms with Crippen LogP contribution in [0.15, 0.2) is 36.8 Å². The first-order chi connectivity index (χ1) is 9.69. The Hall–Kier alpha value is -2.17. The summed E-state index contributed by atoms with van der Waals surface area (Å²) in [6.07, 6.45) is 4.26. The Morgan fingerprint density at radius 2 is 2.10 bits per heavy atom. The maximum absolute atomic E-state index is 12.9. The second-order valence-electron chi connectivity index (χ2n) is 5.04. The van der Waals surface area contributed by atoms with Gasteiger partial charge in [-0.2, -0.15) is 0 Å². The Morgan fingerprint density at radius 3 is 2.80 bits per heavy atom. The van der Waals surface area contributed by atoms with E-state index in [2.05, 4.69) is 4.98 Å². The van der Waals surface area contributed by atoms with E-state index in [1.807, 2.05) is 11.5 Å². The maximum Gasteiger partial charge on any atom is 0.246 e. The third-order valence-corrected chi connectivity index (χ3v) is 3.71. The lowest BCUT2D eigenvalue weighted by Crippen LogP contribution is -2.41. The summed E-state index contributed by atoms with van der Waals surface area (Å²) >= 11 is 0. The summed E-state index contributed by atoms with van der Waals surface area (Å²) in [5.74, 6) is -0.162. The molecule has 0 saturated carbocycles. The molecule has 0 fully saturated rings. The topological polar surface area (TPSA) is 38.1 Å². The summed E-state index contributed by atoms with van der Waals surface area (Å²) in [6.45, 7) is 3.04. The van der Waals surface area contributed by atoms with Gasteiger partial charge < -0.3 is 9.47 Å². The van der Waals surface area contributed by atoms with Crippen LogP contribution in [-0.4, -0.2) is 20.4 Å². The summed E-state index contributed by atoms with van der Waals surface area (Å²) in [6, 6.07) is 6.10. The van der Waals surface area contributed by atoms with Crippen LogP contribution in [0.2, 0.25) is 0 Å². The number of aromatic nitrogens is 2. The van der Waals surface area contributed by atoms with Gasteiger partial charge in [0.25, 0.3) is 0 Å². The van der Waals surface area contributed by atoms with Gasteiger partial charge in [-0.15, -0.1) is 0 Å². The fraction of sp³-hybridized carbons (Fsp3) is 0.333. The van der Waals surface area contributed by atoms with Crippen LogP contribution in [0.3, 0.4) is 0 Å². The minimum Gasteiger partial charge on any atom is -0.331 e. The average Bonchev–Trinajstić information content (AvgIpc) is 2.90. The molecule has 4 nitrogen and oxygen atoms in total. The number of fused-ring (bicyclic) bond motifs is 1. The average molecular weight is 273 g/mol. The van der Waals surface area contributed by atoms with Crippen molar-refractivity contribution in [3.05, 3.63) is 53.9 Å². The number of rotatable bonds is 3. The van der Waals surface area contributed by atoms with Gasteiger partial charge in [-0.3, -0.25) is 4.79 Å². The molecular weight excluding hydrogens is 257 g/mol. The molecule has 0 spiro atoms. The number of imidazole rings is 1. The number of hydrogen-bond donors (Lipinski definition) is 0. The van der Waals surface area contributed by atoms with E-state index in [9.17, 15) is 9.18 Å². The lowest BCUT2D eigenvalue weighted by atomic mass is 10.1. The third kappa shape index (κ3) is 2.19. The summed E-state index contributed by atoms with van der Waals surface area (Å²) in [4.78, 5) is 18.4. The second kappa shape index (κ2) is 5.07. The normalized spacial score (nSPS) is 18.2. The summed E-state index contributed by atoms with van der Waals surface area (Å²) in [5, 5.41) is 0. The minimum absolute atomic E-state index is 0.0994. The van der Waals surface area contributed by atoms with Crippen molar-refractivity contribution in [2.24, 2.45) is 0 Å². The van der Waals surface area contributed by atoms with Crippen molar-refractivity contribution in [3.63, 3.8) is 0 Å². The number of nitrogens with zero attached hydrogens (tertiary/aromatic N) is 3. The molecule has 20 heavy (non-hydrogen) atoms. The van der Waals surface area contributed by atoms with Crippen molar-refractivity contribution in [1.82, 2.24) is 14.5 Å². The number of carbonyl (C=O) groups is 1. The Morgan fingerprint density at radius 1 is 1.35 bits per heavy atom. The van der Waals surface area contributed by atoms with Gasteiger partial charge in [-0.05, 0) is 24.1 Å². The molecule has 104 valence electrons. The lowest BCUT2D eigenvalue weighted by molar-refractivity contribution is -0.138. The first kappa shape index (κ1) is 12.8. The summed E-state index contributed by atoms with van der Waals surface area (Å²) in [5.41, 5.74) is 1.97. The predicted octanol–water partition coefficient (Wildman–Crippen LogP) is 2.52. The fourth-order valence-electron chi connectivity index (χ4n) is 2.65. The highest BCUT2D eigenvalue weighted by atomic mass is 19.1.